The molecule has 0 aliphatic carbocycles. The van der Waals surface area contributed by atoms with E-state index in [-0.39, 0.29) is 22.0 Å². The number of nitrogens with zero attached hydrogens (tertiary/aromatic N) is 2. The monoisotopic (exact) mass is 596 g/mol. The predicted molar refractivity (Wildman–Crippen MR) is 163 cm³/mol. The zero-order valence-corrected chi connectivity index (χ0v) is 23.7. The Balaban J connectivity index is 1.38. The fourth-order valence-corrected chi connectivity index (χ4v) is 4.86. The summed E-state index contributed by atoms with van der Waals surface area (Å²) in [5.74, 6) is -0.663. The number of aromatic amines is 1. The minimum atomic E-state index is -0.668. The van der Waals surface area contributed by atoms with Crippen LogP contribution in [0, 0.1) is 11.3 Å². The van der Waals surface area contributed by atoms with Gasteiger partial charge in [-0.25, -0.2) is 10.2 Å². The SMILES string of the molecule is CCOc1cc(C=NNC(=O)c2[nH]c3c(C#N)cccc3c2-c2ccccc2)ccc1OC(=O)c1ccc(Cl)cc1Cl. The van der Waals surface area contributed by atoms with Crippen LogP contribution in [0.2, 0.25) is 10.0 Å². The van der Waals surface area contributed by atoms with Gasteiger partial charge in [-0.2, -0.15) is 10.4 Å². The Morgan fingerprint density at radius 2 is 1.81 bits per heavy atom. The van der Waals surface area contributed by atoms with Crippen LogP contribution in [0.3, 0.4) is 0 Å². The van der Waals surface area contributed by atoms with Crippen LogP contribution in [0.1, 0.15) is 38.9 Å². The largest absolute Gasteiger partial charge is 0.490 e. The van der Waals surface area contributed by atoms with Crippen molar-refractivity contribution in [2.75, 3.05) is 6.61 Å². The molecule has 0 aliphatic rings. The number of H-pyrrole nitrogens is 1. The third kappa shape index (κ3) is 5.98. The number of ether oxygens (including phenoxy) is 2. The number of halogens is 2. The Morgan fingerprint density at radius 3 is 2.55 bits per heavy atom. The van der Waals surface area contributed by atoms with Crippen molar-refractivity contribution in [2.45, 2.75) is 6.92 Å². The van der Waals surface area contributed by atoms with Crippen LogP contribution in [-0.2, 0) is 0 Å². The van der Waals surface area contributed by atoms with E-state index in [9.17, 15) is 14.9 Å². The summed E-state index contributed by atoms with van der Waals surface area (Å²) in [6.07, 6.45) is 1.44. The molecule has 0 spiro atoms. The molecule has 0 saturated carbocycles. The fraction of sp³-hybridized carbons (Fsp3) is 0.0625. The van der Waals surface area contributed by atoms with Crippen molar-refractivity contribution in [3.63, 3.8) is 0 Å². The van der Waals surface area contributed by atoms with Crippen LogP contribution in [0.4, 0.5) is 0 Å². The summed E-state index contributed by atoms with van der Waals surface area (Å²) >= 11 is 12.1. The minimum absolute atomic E-state index is 0.158. The smallest absolute Gasteiger partial charge is 0.345 e. The van der Waals surface area contributed by atoms with Gasteiger partial charge in [-0.3, -0.25) is 4.79 Å². The first-order valence-corrected chi connectivity index (χ1v) is 13.5. The highest BCUT2D eigenvalue weighted by Gasteiger charge is 2.21. The number of hydrazone groups is 1. The maximum atomic E-state index is 13.3. The van der Waals surface area contributed by atoms with Crippen molar-refractivity contribution >= 4 is 52.2 Å². The maximum Gasteiger partial charge on any atom is 0.345 e. The van der Waals surface area contributed by atoms with Crippen LogP contribution < -0.4 is 14.9 Å². The fourth-order valence-electron chi connectivity index (χ4n) is 4.37. The van der Waals surface area contributed by atoms with E-state index in [4.69, 9.17) is 32.7 Å². The van der Waals surface area contributed by atoms with Gasteiger partial charge in [0.15, 0.2) is 11.5 Å². The van der Waals surface area contributed by atoms with Gasteiger partial charge in [-0.05, 0) is 60.5 Å². The van der Waals surface area contributed by atoms with Gasteiger partial charge in [0.1, 0.15) is 11.8 Å². The van der Waals surface area contributed by atoms with Gasteiger partial charge in [-0.1, -0.05) is 65.7 Å². The molecule has 1 heterocycles. The molecule has 0 saturated heterocycles. The van der Waals surface area contributed by atoms with Crippen molar-refractivity contribution in [3.05, 3.63) is 117 Å². The third-order valence-electron chi connectivity index (χ3n) is 6.24. The average molecular weight is 597 g/mol. The number of para-hydroxylation sites is 1. The van der Waals surface area contributed by atoms with E-state index in [0.29, 0.717) is 39.6 Å². The molecule has 0 atom stereocenters. The van der Waals surface area contributed by atoms with Gasteiger partial charge in [0, 0.05) is 16.0 Å². The van der Waals surface area contributed by atoms with Crippen molar-refractivity contribution in [1.82, 2.24) is 10.4 Å². The van der Waals surface area contributed by atoms with Gasteiger partial charge in [0.05, 0.1) is 34.5 Å². The molecule has 0 bridgehead atoms. The molecule has 1 amide bonds. The lowest BCUT2D eigenvalue weighted by molar-refractivity contribution is 0.0728. The minimum Gasteiger partial charge on any atom is -0.490 e. The summed E-state index contributed by atoms with van der Waals surface area (Å²) in [7, 11) is 0. The Bertz CT molecular complexity index is 1880. The van der Waals surface area contributed by atoms with Crippen LogP contribution in [-0.4, -0.2) is 29.7 Å². The normalized spacial score (nSPS) is 10.9. The average Bonchev–Trinajstić information content (AvgIpc) is 3.39. The van der Waals surface area contributed by atoms with E-state index in [2.05, 4.69) is 21.6 Å². The molecule has 5 aromatic rings. The number of rotatable bonds is 8. The molecule has 0 unspecified atom stereocenters. The zero-order valence-electron chi connectivity index (χ0n) is 22.2. The number of nitriles is 1. The van der Waals surface area contributed by atoms with Crippen molar-refractivity contribution < 1.29 is 19.1 Å². The standard InChI is InChI=1S/C32H22Cl2N4O4/c1-2-41-27-15-19(11-14-26(27)42-32(40)23-13-12-22(33)16-25(23)34)18-36-38-31(39)30-28(20-7-4-3-5-8-20)24-10-6-9-21(17-35)29(24)37-30/h3-16,18,37H,2H2,1H3,(H,38,39). The topological polar surface area (TPSA) is 117 Å². The second-order valence-corrected chi connectivity index (χ2v) is 9.78. The van der Waals surface area contributed by atoms with Gasteiger partial charge < -0.3 is 14.5 Å². The number of nitrogens with one attached hydrogen (secondary N) is 2. The summed E-state index contributed by atoms with van der Waals surface area (Å²) in [4.78, 5) is 29.1. The summed E-state index contributed by atoms with van der Waals surface area (Å²) in [5, 5.41) is 15.0. The predicted octanol–water partition coefficient (Wildman–Crippen LogP) is 7.40. The molecule has 0 aliphatic heterocycles. The van der Waals surface area contributed by atoms with E-state index < -0.39 is 11.9 Å². The second kappa shape index (κ2) is 12.6. The van der Waals surface area contributed by atoms with Crippen LogP contribution >= 0.6 is 23.2 Å². The quantitative estimate of drug-likeness (QED) is 0.0837. The Kier molecular flexibility index (Phi) is 8.53. The molecule has 1 aromatic heterocycles. The molecular formula is C32H22Cl2N4O4. The third-order valence-corrected chi connectivity index (χ3v) is 6.79. The first kappa shape index (κ1) is 28.4. The first-order chi connectivity index (χ1) is 20.4. The Morgan fingerprint density at radius 1 is 1.00 bits per heavy atom. The van der Waals surface area contributed by atoms with E-state index in [0.717, 1.165) is 10.9 Å². The first-order valence-electron chi connectivity index (χ1n) is 12.8. The summed E-state index contributed by atoms with van der Waals surface area (Å²) in [5.41, 5.74) is 6.04. The molecule has 10 heteroatoms. The van der Waals surface area contributed by atoms with Gasteiger partial charge in [-0.15, -0.1) is 0 Å². The zero-order chi connectivity index (χ0) is 29.6. The number of carbonyl (C=O) groups excluding carboxylic acids is 2. The van der Waals surface area contributed by atoms with Crippen molar-refractivity contribution in [2.24, 2.45) is 5.10 Å². The van der Waals surface area contributed by atoms with Crippen LogP contribution in [0.15, 0.2) is 90.0 Å². The van der Waals surface area contributed by atoms with Crippen LogP contribution in [0.25, 0.3) is 22.0 Å². The number of amides is 1. The van der Waals surface area contributed by atoms with Gasteiger partial charge in [0.25, 0.3) is 5.91 Å². The Labute approximate surface area is 251 Å². The number of carbonyl (C=O) groups is 2. The Hall–Kier alpha value is -5.10. The summed E-state index contributed by atoms with van der Waals surface area (Å²) in [6, 6.07) is 26.3. The molecule has 2 N–H and O–H groups in total. The van der Waals surface area contributed by atoms with E-state index in [1.165, 1.54) is 18.3 Å². The van der Waals surface area contributed by atoms with Gasteiger partial charge >= 0.3 is 5.97 Å². The number of fused-ring (bicyclic) bond motifs is 1. The summed E-state index contributed by atoms with van der Waals surface area (Å²) < 4.78 is 11.2. The van der Waals surface area contributed by atoms with E-state index in [1.807, 2.05) is 36.4 Å². The highest BCUT2D eigenvalue weighted by atomic mass is 35.5. The molecule has 4 aromatic carbocycles. The van der Waals surface area contributed by atoms with E-state index >= 15 is 0 Å². The highest BCUT2D eigenvalue weighted by molar-refractivity contribution is 6.36. The van der Waals surface area contributed by atoms with Gasteiger partial charge in [0.2, 0.25) is 0 Å². The molecule has 208 valence electrons. The molecule has 0 radical (unpaired) electrons. The lowest BCUT2D eigenvalue weighted by Crippen LogP contribution is -2.19. The molecule has 8 nitrogen and oxygen atoms in total. The van der Waals surface area contributed by atoms with Crippen molar-refractivity contribution in [3.8, 4) is 28.7 Å². The number of aromatic nitrogens is 1. The molecule has 42 heavy (non-hydrogen) atoms. The molecular weight excluding hydrogens is 575 g/mol. The molecule has 5 rings (SSSR count). The summed E-state index contributed by atoms with van der Waals surface area (Å²) in [6.45, 7) is 2.11. The van der Waals surface area contributed by atoms with E-state index in [1.54, 1.807) is 43.3 Å². The number of hydrogen-bond acceptors (Lipinski definition) is 6. The lowest BCUT2D eigenvalue weighted by Gasteiger charge is -2.12. The number of benzene rings is 4. The number of esters is 1. The lowest BCUT2D eigenvalue weighted by atomic mass is 10.0. The van der Waals surface area contributed by atoms with Crippen molar-refractivity contribution in [1.29, 1.82) is 5.26 Å². The highest BCUT2D eigenvalue weighted by Crippen LogP contribution is 2.34. The molecule has 0 fully saturated rings. The number of hydrogen-bond donors (Lipinski definition) is 2. The van der Waals surface area contributed by atoms with Crippen LogP contribution in [0.5, 0.6) is 11.5 Å². The second-order valence-electron chi connectivity index (χ2n) is 8.93. The maximum absolute atomic E-state index is 13.3.